The first-order valence-corrected chi connectivity index (χ1v) is 5.73. The van der Waals surface area contributed by atoms with Crippen LogP contribution in [0.5, 0.6) is 0 Å². The first kappa shape index (κ1) is 12.6. The predicted molar refractivity (Wildman–Crippen MR) is 46.0 cm³/mol. The molecule has 0 aliphatic rings. The lowest BCUT2D eigenvalue weighted by atomic mass is 10.3. The van der Waals surface area contributed by atoms with Crippen LogP contribution >= 0.6 is 16.8 Å². The monoisotopic (exact) mass is 217 g/mol. The van der Waals surface area contributed by atoms with E-state index in [-0.39, 0.29) is 13.0 Å². The second kappa shape index (κ2) is 5.37. The Morgan fingerprint density at radius 1 is 1.08 bits per heavy atom. The van der Waals surface area contributed by atoms with Crippen molar-refractivity contribution in [3.05, 3.63) is 0 Å². The van der Waals surface area contributed by atoms with Gasteiger partial charge >= 0.3 is 0 Å². The Morgan fingerprint density at radius 2 is 1.50 bits per heavy atom. The Morgan fingerprint density at radius 3 is 1.75 bits per heavy atom. The van der Waals surface area contributed by atoms with Gasteiger partial charge in [-0.15, -0.1) is 0 Å². The summed E-state index contributed by atoms with van der Waals surface area (Å²) < 4.78 is 0. The molecule has 0 aromatic rings. The lowest BCUT2D eigenvalue weighted by molar-refractivity contribution is 0.155. The molecule has 7 N–H and O–H groups in total. The van der Waals surface area contributed by atoms with Gasteiger partial charge in [-0.05, 0) is 19.4 Å². The first-order chi connectivity index (χ1) is 5.45. The largest absolute Gasteiger partial charge is 0.372 e. The van der Waals surface area contributed by atoms with Gasteiger partial charge in [0.15, 0.2) is 0 Å². The average Bonchev–Trinajstić information content (AvgIpc) is 1.99. The second-order valence-electron chi connectivity index (χ2n) is 2.25. The van der Waals surface area contributed by atoms with Gasteiger partial charge in [0.2, 0.25) is 21.8 Å². The van der Waals surface area contributed by atoms with E-state index in [1.54, 1.807) is 0 Å². The van der Waals surface area contributed by atoms with Crippen LogP contribution in [0.25, 0.3) is 0 Å². The summed E-state index contributed by atoms with van der Waals surface area (Å²) in [6.07, 6.45) is 0.178. The number of hydrogen-bond acceptors (Lipinski definition) is 6. The summed E-state index contributed by atoms with van der Waals surface area (Å²) in [5.41, 5.74) is 5.11. The molecule has 0 spiro atoms. The third-order valence-electron chi connectivity index (χ3n) is 1.36. The zero-order valence-electron chi connectivity index (χ0n) is 6.33. The molecule has 0 amide bonds. The van der Waals surface area contributed by atoms with Gasteiger partial charge in [-0.3, -0.25) is 0 Å². The molecule has 0 aromatic carbocycles. The molecule has 0 saturated carbocycles. The van der Waals surface area contributed by atoms with Gasteiger partial charge in [0.25, 0.3) is 0 Å². The highest BCUT2D eigenvalue weighted by atomic mass is 31.2. The van der Waals surface area contributed by atoms with Crippen LogP contribution in [0, 0.1) is 0 Å². The Bertz CT molecular complexity index is 125. The van der Waals surface area contributed by atoms with Crippen molar-refractivity contribution in [2.24, 2.45) is 5.73 Å². The fourth-order valence-corrected chi connectivity index (χ4v) is 1.98. The van der Waals surface area contributed by atoms with Crippen molar-refractivity contribution >= 4 is 16.8 Å². The van der Waals surface area contributed by atoms with Crippen LogP contribution in [0.4, 0.5) is 0 Å². The number of hydrogen-bond donors (Lipinski definition) is 6. The molecule has 0 atom stereocenters. The van der Waals surface area contributed by atoms with Crippen LogP contribution in [0.15, 0.2) is 0 Å². The molecular formula is C4H13NO5P2. The molecule has 8 heteroatoms. The minimum atomic E-state index is -2.77. The molecule has 0 fully saturated rings. The molecule has 0 aliphatic carbocycles. The Kier molecular flexibility index (Phi) is 5.65. The molecule has 0 heterocycles. The Labute approximate surface area is 72.5 Å². The molecule has 0 bridgehead atoms. The number of aliphatic hydroxyl groups is 1. The summed E-state index contributed by atoms with van der Waals surface area (Å²) >= 11 is 0. The van der Waals surface area contributed by atoms with E-state index in [9.17, 15) is 5.11 Å². The molecule has 0 saturated heterocycles. The maximum atomic E-state index is 9.30. The lowest BCUT2D eigenvalue weighted by Gasteiger charge is -2.28. The molecular weight excluding hydrogens is 204 g/mol. The van der Waals surface area contributed by atoms with Crippen molar-refractivity contribution < 1.29 is 24.7 Å². The molecule has 74 valence electrons. The third kappa shape index (κ3) is 3.17. The van der Waals surface area contributed by atoms with E-state index in [0.717, 1.165) is 0 Å². The molecule has 0 unspecified atom stereocenters. The van der Waals surface area contributed by atoms with Gasteiger partial charge in [-0.1, -0.05) is 0 Å². The van der Waals surface area contributed by atoms with Crippen LogP contribution < -0.4 is 5.73 Å². The molecule has 0 rings (SSSR count). The quantitative estimate of drug-likeness (QED) is 0.327. The summed E-state index contributed by atoms with van der Waals surface area (Å²) in [6.45, 7) is 0.245. The summed E-state index contributed by atoms with van der Waals surface area (Å²) in [4.78, 5) is 34.8. The maximum Gasteiger partial charge on any atom is 0.208 e. The van der Waals surface area contributed by atoms with Gasteiger partial charge in [-0.25, -0.2) is 0 Å². The number of rotatable bonds is 5. The van der Waals surface area contributed by atoms with E-state index >= 15 is 0 Å². The second-order valence-corrected chi connectivity index (χ2v) is 5.24. The van der Waals surface area contributed by atoms with Crippen molar-refractivity contribution in [2.75, 3.05) is 6.54 Å². The minimum Gasteiger partial charge on any atom is -0.372 e. The van der Waals surface area contributed by atoms with Crippen LogP contribution in [-0.2, 0) is 0 Å². The third-order valence-corrected chi connectivity index (χ3v) is 4.16. The van der Waals surface area contributed by atoms with Gasteiger partial charge in [0.05, 0.1) is 0 Å². The molecule has 6 nitrogen and oxygen atoms in total. The SMILES string of the molecule is NCCCC(O)(P(O)O)P(O)O. The summed E-state index contributed by atoms with van der Waals surface area (Å²) in [6, 6.07) is 0. The van der Waals surface area contributed by atoms with Crippen LogP contribution in [-0.4, -0.2) is 36.3 Å². The first-order valence-electron chi connectivity index (χ1n) is 3.23. The van der Waals surface area contributed by atoms with Crippen LogP contribution in [0.3, 0.4) is 0 Å². The zero-order valence-corrected chi connectivity index (χ0v) is 8.12. The summed E-state index contributed by atoms with van der Waals surface area (Å²) in [7, 11) is -5.54. The highest BCUT2D eigenvalue weighted by molar-refractivity contribution is 7.65. The smallest absolute Gasteiger partial charge is 0.208 e. The number of nitrogens with two attached hydrogens (primary N) is 1. The molecule has 0 aliphatic heterocycles. The minimum absolute atomic E-state index is 0.124. The van der Waals surface area contributed by atoms with Gasteiger partial charge < -0.3 is 30.4 Å². The van der Waals surface area contributed by atoms with E-state index in [0.29, 0.717) is 6.42 Å². The standard InChI is InChI=1S/C4H13NO5P2/c5-3-1-2-4(6,11(7)8)12(9)10/h6-10H,1-3,5H2. The summed E-state index contributed by atoms with van der Waals surface area (Å²) in [5, 5.41) is 7.12. The van der Waals surface area contributed by atoms with E-state index in [4.69, 9.17) is 25.3 Å². The normalized spacial score (nSPS) is 13.0. The van der Waals surface area contributed by atoms with Crippen molar-refractivity contribution in [1.82, 2.24) is 0 Å². The molecule has 0 aromatic heterocycles. The zero-order chi connectivity index (χ0) is 9.78. The summed E-state index contributed by atoms with van der Waals surface area (Å²) in [5.74, 6) is 0. The van der Waals surface area contributed by atoms with E-state index in [1.807, 2.05) is 0 Å². The highest BCUT2D eigenvalue weighted by Gasteiger charge is 2.43. The van der Waals surface area contributed by atoms with E-state index < -0.39 is 21.8 Å². The Hall–Kier alpha value is 0.620. The highest BCUT2D eigenvalue weighted by Crippen LogP contribution is 2.59. The van der Waals surface area contributed by atoms with Gasteiger partial charge in [0, 0.05) is 0 Å². The van der Waals surface area contributed by atoms with Crippen LogP contribution in [0.1, 0.15) is 12.8 Å². The predicted octanol–water partition coefficient (Wildman–Crippen LogP) is -1.04. The van der Waals surface area contributed by atoms with Crippen molar-refractivity contribution in [3.8, 4) is 0 Å². The van der Waals surface area contributed by atoms with E-state index in [1.165, 1.54) is 0 Å². The average molecular weight is 217 g/mol. The van der Waals surface area contributed by atoms with Crippen molar-refractivity contribution in [2.45, 2.75) is 17.9 Å². The topological polar surface area (TPSA) is 127 Å². The fourth-order valence-electron chi connectivity index (χ4n) is 0.619. The van der Waals surface area contributed by atoms with Gasteiger partial charge in [0.1, 0.15) is 0 Å². The maximum absolute atomic E-state index is 9.30. The van der Waals surface area contributed by atoms with Crippen molar-refractivity contribution in [1.29, 1.82) is 0 Å². The van der Waals surface area contributed by atoms with Crippen molar-refractivity contribution in [3.63, 3.8) is 0 Å². The lowest BCUT2D eigenvalue weighted by Crippen LogP contribution is -2.24. The molecule has 12 heavy (non-hydrogen) atoms. The van der Waals surface area contributed by atoms with E-state index in [2.05, 4.69) is 0 Å². The Balaban J connectivity index is 4.19. The fraction of sp³-hybridized carbons (Fsp3) is 1.00. The van der Waals surface area contributed by atoms with Crippen LogP contribution in [0.2, 0.25) is 0 Å². The molecule has 0 radical (unpaired) electrons. The van der Waals surface area contributed by atoms with Gasteiger partial charge in [-0.2, -0.15) is 0 Å².